The first kappa shape index (κ1) is 20.5. The highest BCUT2D eigenvalue weighted by Gasteiger charge is 2.31. The van der Waals surface area contributed by atoms with E-state index in [2.05, 4.69) is 15.0 Å². The number of aromatic nitrogens is 1. The molecule has 0 saturated carbocycles. The van der Waals surface area contributed by atoms with Gasteiger partial charge in [-0.1, -0.05) is 0 Å². The van der Waals surface area contributed by atoms with Crippen LogP contribution in [0, 0.1) is 12.7 Å². The number of rotatable bonds is 7. The lowest BCUT2D eigenvalue weighted by atomic mass is 10.1. The first-order valence-corrected chi connectivity index (χ1v) is 8.73. The quantitative estimate of drug-likeness (QED) is 0.573. The number of nitrogens with one attached hydrogen (secondary N) is 2. The second-order valence-electron chi connectivity index (χ2n) is 6.33. The third-order valence-corrected chi connectivity index (χ3v) is 4.21. The number of fused-ring (bicyclic) bond motifs is 1. The van der Waals surface area contributed by atoms with Crippen LogP contribution in [0.1, 0.15) is 11.3 Å². The molecule has 0 bridgehead atoms. The van der Waals surface area contributed by atoms with E-state index in [1.54, 1.807) is 6.92 Å². The molecule has 0 unspecified atom stereocenters. The van der Waals surface area contributed by atoms with Crippen molar-refractivity contribution in [1.29, 1.82) is 0 Å². The largest absolute Gasteiger partial charge is 0.573 e. The van der Waals surface area contributed by atoms with Crippen molar-refractivity contribution in [2.24, 2.45) is 0 Å². The van der Waals surface area contributed by atoms with E-state index in [9.17, 15) is 22.4 Å². The summed E-state index contributed by atoms with van der Waals surface area (Å²) in [4.78, 5) is 15.0. The molecule has 9 heteroatoms. The number of benzene rings is 2. The van der Waals surface area contributed by atoms with Gasteiger partial charge in [0, 0.05) is 23.1 Å². The Labute approximate surface area is 163 Å². The SMILES string of the molecule is Cc1[nH]c2ccc(OC(F)(F)F)cc2c1CCNC(=O)COc1ccc(F)cc1. The molecule has 1 heterocycles. The van der Waals surface area contributed by atoms with Gasteiger partial charge >= 0.3 is 6.36 Å². The van der Waals surface area contributed by atoms with Crippen LogP contribution < -0.4 is 14.8 Å². The van der Waals surface area contributed by atoms with Crippen molar-refractivity contribution in [2.45, 2.75) is 19.7 Å². The maximum atomic E-state index is 12.8. The zero-order valence-electron chi connectivity index (χ0n) is 15.4. The van der Waals surface area contributed by atoms with E-state index >= 15 is 0 Å². The molecule has 0 aliphatic rings. The normalized spacial score (nSPS) is 11.5. The number of hydrogen-bond donors (Lipinski definition) is 2. The Hall–Kier alpha value is -3.23. The summed E-state index contributed by atoms with van der Waals surface area (Å²) in [6, 6.07) is 9.36. The highest BCUT2D eigenvalue weighted by Crippen LogP contribution is 2.29. The molecule has 0 atom stereocenters. The summed E-state index contributed by atoms with van der Waals surface area (Å²) in [5, 5.41) is 3.28. The summed E-state index contributed by atoms with van der Waals surface area (Å²) in [6.07, 6.45) is -4.36. The van der Waals surface area contributed by atoms with Crippen molar-refractivity contribution in [1.82, 2.24) is 10.3 Å². The van der Waals surface area contributed by atoms with Crippen molar-refractivity contribution in [3.63, 3.8) is 0 Å². The van der Waals surface area contributed by atoms with Gasteiger partial charge in [-0.3, -0.25) is 4.79 Å². The second kappa shape index (κ2) is 8.42. The minimum absolute atomic E-state index is 0.234. The average molecular weight is 410 g/mol. The van der Waals surface area contributed by atoms with Crippen LogP contribution in [0.4, 0.5) is 17.6 Å². The fourth-order valence-corrected chi connectivity index (χ4v) is 2.94. The van der Waals surface area contributed by atoms with Crippen LogP contribution in [0.25, 0.3) is 10.9 Å². The van der Waals surface area contributed by atoms with E-state index in [-0.39, 0.29) is 24.8 Å². The predicted molar refractivity (Wildman–Crippen MR) is 98.3 cm³/mol. The number of halogens is 4. The van der Waals surface area contributed by atoms with E-state index in [0.29, 0.717) is 23.1 Å². The van der Waals surface area contributed by atoms with Crippen LogP contribution >= 0.6 is 0 Å². The Morgan fingerprint density at radius 2 is 1.79 bits per heavy atom. The van der Waals surface area contributed by atoms with Gasteiger partial charge in [0.25, 0.3) is 5.91 Å². The third-order valence-electron chi connectivity index (χ3n) is 4.21. The molecule has 5 nitrogen and oxygen atoms in total. The van der Waals surface area contributed by atoms with Crippen molar-refractivity contribution in [2.75, 3.05) is 13.2 Å². The summed E-state index contributed by atoms with van der Waals surface area (Å²) in [6.45, 7) is 1.84. The number of H-pyrrole nitrogens is 1. The average Bonchev–Trinajstić information content (AvgIpc) is 2.95. The molecule has 0 spiro atoms. The second-order valence-corrected chi connectivity index (χ2v) is 6.33. The van der Waals surface area contributed by atoms with Gasteiger partial charge in [-0.25, -0.2) is 4.39 Å². The minimum Gasteiger partial charge on any atom is -0.484 e. The molecule has 2 aromatic carbocycles. The molecule has 0 aliphatic carbocycles. The molecule has 0 fully saturated rings. The first-order chi connectivity index (χ1) is 13.7. The molecule has 0 saturated heterocycles. The molecule has 0 aliphatic heterocycles. The van der Waals surface area contributed by atoms with Crippen LogP contribution in [-0.2, 0) is 11.2 Å². The molecule has 1 aromatic heterocycles. The maximum absolute atomic E-state index is 12.8. The molecule has 3 aromatic rings. The fourth-order valence-electron chi connectivity index (χ4n) is 2.94. The lowest BCUT2D eigenvalue weighted by molar-refractivity contribution is -0.274. The fraction of sp³-hybridized carbons (Fsp3) is 0.250. The van der Waals surface area contributed by atoms with Crippen molar-refractivity contribution in [3.8, 4) is 11.5 Å². The summed E-state index contributed by atoms with van der Waals surface area (Å²) < 4.78 is 59.4. The summed E-state index contributed by atoms with van der Waals surface area (Å²) in [5.41, 5.74) is 2.26. The van der Waals surface area contributed by atoms with Crippen molar-refractivity contribution in [3.05, 3.63) is 59.5 Å². The zero-order chi connectivity index (χ0) is 21.0. The Morgan fingerprint density at radius 1 is 1.10 bits per heavy atom. The molecule has 3 rings (SSSR count). The number of ether oxygens (including phenoxy) is 2. The number of aryl methyl sites for hydroxylation is 1. The number of carbonyl (C=O) groups is 1. The monoisotopic (exact) mass is 410 g/mol. The van der Waals surface area contributed by atoms with Gasteiger partial charge in [0.1, 0.15) is 17.3 Å². The smallest absolute Gasteiger partial charge is 0.484 e. The van der Waals surface area contributed by atoms with E-state index in [0.717, 1.165) is 11.3 Å². The number of aromatic amines is 1. The van der Waals surface area contributed by atoms with E-state index in [1.807, 2.05) is 0 Å². The van der Waals surface area contributed by atoms with E-state index < -0.39 is 12.2 Å². The Kier molecular flexibility index (Phi) is 5.95. The van der Waals surface area contributed by atoms with Gasteiger partial charge in [0.05, 0.1) is 0 Å². The van der Waals surface area contributed by atoms with Gasteiger partial charge in [-0.15, -0.1) is 13.2 Å². The summed E-state index contributed by atoms with van der Waals surface area (Å²) in [7, 11) is 0. The van der Waals surface area contributed by atoms with Crippen LogP contribution in [-0.4, -0.2) is 30.4 Å². The zero-order valence-corrected chi connectivity index (χ0v) is 15.4. The Bertz CT molecular complexity index is 997. The summed E-state index contributed by atoms with van der Waals surface area (Å²) in [5.74, 6) is -0.708. The lowest BCUT2D eigenvalue weighted by Gasteiger charge is -2.10. The van der Waals surface area contributed by atoms with Crippen molar-refractivity contribution >= 4 is 16.8 Å². The van der Waals surface area contributed by atoms with Crippen LogP contribution in [0.2, 0.25) is 0 Å². The molecule has 154 valence electrons. The molecule has 2 N–H and O–H groups in total. The van der Waals surface area contributed by atoms with E-state index in [1.165, 1.54) is 42.5 Å². The topological polar surface area (TPSA) is 63.3 Å². The van der Waals surface area contributed by atoms with Gasteiger partial charge in [-0.2, -0.15) is 0 Å². The van der Waals surface area contributed by atoms with Crippen LogP contribution in [0.15, 0.2) is 42.5 Å². The van der Waals surface area contributed by atoms with Crippen molar-refractivity contribution < 1.29 is 31.8 Å². The number of hydrogen-bond acceptors (Lipinski definition) is 3. The molecule has 29 heavy (non-hydrogen) atoms. The van der Waals surface area contributed by atoms with Gasteiger partial charge < -0.3 is 19.8 Å². The molecule has 0 radical (unpaired) electrons. The molecular formula is C20H18F4N2O3. The van der Waals surface area contributed by atoms with E-state index in [4.69, 9.17) is 4.74 Å². The van der Waals surface area contributed by atoms with Gasteiger partial charge in [0.15, 0.2) is 6.61 Å². The standard InChI is InChI=1S/C20H18F4N2O3/c1-12-16(17-10-15(29-20(22,23)24)6-7-18(17)26-12)8-9-25-19(27)11-28-14-4-2-13(21)3-5-14/h2-7,10,26H,8-9,11H2,1H3,(H,25,27). The van der Waals surface area contributed by atoms with Gasteiger partial charge in [-0.05, 0) is 61.4 Å². The van der Waals surface area contributed by atoms with Crippen LogP contribution in [0.5, 0.6) is 11.5 Å². The number of amides is 1. The number of alkyl halides is 3. The summed E-state index contributed by atoms with van der Waals surface area (Å²) >= 11 is 0. The number of carbonyl (C=O) groups excluding carboxylic acids is 1. The first-order valence-electron chi connectivity index (χ1n) is 8.73. The highest BCUT2D eigenvalue weighted by molar-refractivity contribution is 5.86. The predicted octanol–water partition coefficient (Wildman–Crippen LogP) is 4.25. The highest BCUT2D eigenvalue weighted by atomic mass is 19.4. The Balaban J connectivity index is 1.58. The Morgan fingerprint density at radius 3 is 2.48 bits per heavy atom. The molecule has 1 amide bonds. The maximum Gasteiger partial charge on any atom is 0.573 e. The molecular weight excluding hydrogens is 392 g/mol. The lowest BCUT2D eigenvalue weighted by Crippen LogP contribution is -2.30. The van der Waals surface area contributed by atoms with Gasteiger partial charge in [0.2, 0.25) is 0 Å². The third kappa shape index (κ3) is 5.63. The minimum atomic E-state index is -4.77. The van der Waals surface area contributed by atoms with Crippen LogP contribution in [0.3, 0.4) is 0 Å².